The molecule has 0 aromatic carbocycles. The lowest BCUT2D eigenvalue weighted by atomic mass is 10.1. The molecule has 0 fully saturated rings. The molecule has 2 heterocycles. The molecule has 0 unspecified atom stereocenters. The van der Waals surface area contributed by atoms with Crippen LogP contribution in [0.25, 0.3) is 0 Å². The Morgan fingerprint density at radius 3 is 2.89 bits per heavy atom. The largest absolute Gasteiger partial charge is 0.410 e. The van der Waals surface area contributed by atoms with Crippen molar-refractivity contribution in [2.45, 2.75) is 31.6 Å². The zero-order valence-electron chi connectivity index (χ0n) is 9.45. The molecule has 1 aromatic rings. The number of carbonyl (C=O) groups excluding carboxylic acids is 1. The van der Waals surface area contributed by atoms with Crippen molar-refractivity contribution in [2.75, 3.05) is 5.32 Å². The van der Waals surface area contributed by atoms with Crippen LogP contribution in [0, 0.1) is 0 Å². The van der Waals surface area contributed by atoms with Gasteiger partial charge in [-0.1, -0.05) is 0 Å². The van der Waals surface area contributed by atoms with E-state index in [4.69, 9.17) is 5.84 Å². The van der Waals surface area contributed by atoms with E-state index in [1.807, 2.05) is 5.43 Å². The van der Waals surface area contributed by atoms with Gasteiger partial charge < -0.3 is 5.32 Å². The Morgan fingerprint density at radius 1 is 1.67 bits per heavy atom. The van der Waals surface area contributed by atoms with E-state index < -0.39 is 18.1 Å². The minimum Gasteiger partial charge on any atom is -0.368 e. The average molecular weight is 263 g/mol. The van der Waals surface area contributed by atoms with Gasteiger partial charge in [0.2, 0.25) is 0 Å². The number of hydrazine groups is 1. The predicted octanol–water partition coefficient (Wildman–Crippen LogP) is 0.794. The number of alkyl halides is 3. The van der Waals surface area contributed by atoms with Crippen LogP contribution in [-0.4, -0.2) is 27.9 Å². The van der Waals surface area contributed by atoms with Gasteiger partial charge in [0.1, 0.15) is 5.82 Å². The molecule has 0 aliphatic carbocycles. The summed E-state index contributed by atoms with van der Waals surface area (Å²) in [6.07, 6.45) is -4.55. The highest BCUT2D eigenvalue weighted by atomic mass is 19.4. The Kier molecular flexibility index (Phi) is 2.93. The highest BCUT2D eigenvalue weighted by Crippen LogP contribution is 2.39. The summed E-state index contributed by atoms with van der Waals surface area (Å²) in [4.78, 5) is 11.2. The van der Waals surface area contributed by atoms with Crippen LogP contribution < -0.4 is 16.6 Å². The highest BCUT2D eigenvalue weighted by molar-refractivity contribution is 5.92. The standard InChI is InChI=1S/C9H12F3N5O/c1-4-2-6(9(10,11)12)17-7(14-4)3-5(16-17)8(18)15-13/h3-4,6,14H,2,13H2,1H3,(H,15,18)/t4-,6-/m1/s1. The number of anilines is 1. The van der Waals surface area contributed by atoms with Crippen molar-refractivity contribution in [3.8, 4) is 0 Å². The van der Waals surface area contributed by atoms with Gasteiger partial charge in [-0.2, -0.15) is 18.3 Å². The molecule has 6 nitrogen and oxygen atoms in total. The van der Waals surface area contributed by atoms with Crippen molar-refractivity contribution < 1.29 is 18.0 Å². The summed E-state index contributed by atoms with van der Waals surface area (Å²) in [5.74, 6) is 4.35. The summed E-state index contributed by atoms with van der Waals surface area (Å²) in [5.41, 5.74) is 1.68. The molecule has 0 bridgehead atoms. The Bertz CT molecular complexity index is 469. The quantitative estimate of drug-likeness (QED) is 0.397. The van der Waals surface area contributed by atoms with Crippen molar-refractivity contribution in [3.63, 3.8) is 0 Å². The lowest BCUT2D eigenvalue weighted by Gasteiger charge is -2.31. The normalized spacial score (nSPS) is 23.2. The van der Waals surface area contributed by atoms with Crippen molar-refractivity contribution in [1.29, 1.82) is 0 Å². The number of amides is 1. The number of carbonyl (C=O) groups is 1. The Labute approximate surface area is 100 Å². The number of hydrogen-bond acceptors (Lipinski definition) is 4. The minimum atomic E-state index is -4.41. The van der Waals surface area contributed by atoms with Gasteiger partial charge in [-0.3, -0.25) is 10.2 Å². The maximum Gasteiger partial charge on any atom is 0.410 e. The summed E-state index contributed by atoms with van der Waals surface area (Å²) in [7, 11) is 0. The maximum atomic E-state index is 12.9. The van der Waals surface area contributed by atoms with Crippen LogP contribution in [0.1, 0.15) is 29.9 Å². The molecule has 0 radical (unpaired) electrons. The first-order valence-corrected chi connectivity index (χ1v) is 5.26. The molecular formula is C9H12F3N5O. The molecule has 1 aliphatic heterocycles. The second-order valence-electron chi connectivity index (χ2n) is 4.17. The van der Waals surface area contributed by atoms with Gasteiger partial charge in [-0.15, -0.1) is 0 Å². The van der Waals surface area contributed by atoms with E-state index >= 15 is 0 Å². The van der Waals surface area contributed by atoms with Crippen molar-refractivity contribution in [1.82, 2.24) is 15.2 Å². The molecule has 2 rings (SSSR count). The summed E-state index contributed by atoms with van der Waals surface area (Å²) in [6.45, 7) is 1.64. The minimum absolute atomic E-state index is 0.137. The number of rotatable bonds is 1. The number of halogens is 3. The number of nitrogens with two attached hydrogens (primary N) is 1. The van der Waals surface area contributed by atoms with E-state index in [0.29, 0.717) is 0 Å². The van der Waals surface area contributed by atoms with Crippen LogP contribution >= 0.6 is 0 Å². The van der Waals surface area contributed by atoms with E-state index in [2.05, 4.69) is 10.4 Å². The zero-order valence-corrected chi connectivity index (χ0v) is 9.45. The summed E-state index contributed by atoms with van der Waals surface area (Å²) < 4.78 is 39.4. The molecule has 9 heteroatoms. The molecule has 1 amide bonds. The molecule has 0 saturated heterocycles. The van der Waals surface area contributed by atoms with E-state index in [1.165, 1.54) is 6.07 Å². The van der Waals surface area contributed by atoms with E-state index in [-0.39, 0.29) is 24.0 Å². The number of nitrogens with zero attached hydrogens (tertiary/aromatic N) is 2. The summed E-state index contributed by atoms with van der Waals surface area (Å²) in [6, 6.07) is -0.839. The first kappa shape index (κ1) is 12.7. The summed E-state index contributed by atoms with van der Waals surface area (Å²) in [5, 5.41) is 6.49. The SMILES string of the molecule is C[C@@H]1C[C@H](C(F)(F)F)n2nc(C(=O)NN)cc2N1. The average Bonchev–Trinajstić information content (AvgIpc) is 2.68. The molecule has 0 spiro atoms. The van der Waals surface area contributed by atoms with Crippen LogP contribution in [-0.2, 0) is 0 Å². The molecule has 1 aromatic heterocycles. The zero-order chi connectivity index (χ0) is 13.5. The van der Waals surface area contributed by atoms with Crippen LogP contribution in [0.5, 0.6) is 0 Å². The van der Waals surface area contributed by atoms with Crippen molar-refractivity contribution >= 4 is 11.7 Å². The second kappa shape index (κ2) is 4.16. The molecular weight excluding hydrogens is 251 g/mol. The number of fused-ring (bicyclic) bond motifs is 1. The van der Waals surface area contributed by atoms with Crippen LogP contribution in [0.4, 0.5) is 19.0 Å². The van der Waals surface area contributed by atoms with E-state index in [1.54, 1.807) is 6.92 Å². The molecule has 1 aliphatic rings. The predicted molar refractivity (Wildman–Crippen MR) is 56.7 cm³/mol. The summed E-state index contributed by atoms with van der Waals surface area (Å²) >= 11 is 0. The fourth-order valence-corrected chi connectivity index (χ4v) is 1.94. The monoisotopic (exact) mass is 263 g/mol. The molecule has 4 N–H and O–H groups in total. The fourth-order valence-electron chi connectivity index (χ4n) is 1.94. The van der Waals surface area contributed by atoms with Crippen molar-refractivity contribution in [3.05, 3.63) is 11.8 Å². The highest BCUT2D eigenvalue weighted by Gasteiger charge is 2.45. The Morgan fingerprint density at radius 2 is 2.33 bits per heavy atom. The van der Waals surface area contributed by atoms with Crippen LogP contribution in [0.3, 0.4) is 0 Å². The first-order chi connectivity index (χ1) is 8.32. The molecule has 18 heavy (non-hydrogen) atoms. The van der Waals surface area contributed by atoms with E-state index in [0.717, 1.165) is 4.68 Å². The second-order valence-corrected chi connectivity index (χ2v) is 4.17. The number of aromatic nitrogens is 2. The molecule has 0 saturated carbocycles. The smallest absolute Gasteiger partial charge is 0.368 e. The van der Waals surface area contributed by atoms with Gasteiger partial charge in [0, 0.05) is 12.1 Å². The van der Waals surface area contributed by atoms with E-state index in [9.17, 15) is 18.0 Å². The Balaban J connectivity index is 2.42. The number of nitrogen functional groups attached to an aromatic ring is 1. The van der Waals surface area contributed by atoms with Crippen molar-refractivity contribution in [2.24, 2.45) is 5.84 Å². The first-order valence-electron chi connectivity index (χ1n) is 5.26. The van der Waals surface area contributed by atoms with Gasteiger partial charge in [0.05, 0.1) is 0 Å². The fraction of sp³-hybridized carbons (Fsp3) is 0.556. The third-order valence-electron chi connectivity index (χ3n) is 2.74. The number of hydrogen-bond donors (Lipinski definition) is 3. The third-order valence-corrected chi connectivity index (χ3v) is 2.74. The van der Waals surface area contributed by atoms with Gasteiger partial charge in [0.25, 0.3) is 5.91 Å². The number of nitrogens with one attached hydrogen (secondary N) is 2. The van der Waals surface area contributed by atoms with Gasteiger partial charge in [-0.25, -0.2) is 10.5 Å². The van der Waals surface area contributed by atoms with Crippen LogP contribution in [0.2, 0.25) is 0 Å². The van der Waals surface area contributed by atoms with Gasteiger partial charge in [0.15, 0.2) is 11.7 Å². The lowest BCUT2D eigenvalue weighted by Crippen LogP contribution is -2.38. The van der Waals surface area contributed by atoms with Gasteiger partial charge >= 0.3 is 6.18 Å². The van der Waals surface area contributed by atoms with Gasteiger partial charge in [-0.05, 0) is 13.3 Å². The maximum absolute atomic E-state index is 12.9. The third kappa shape index (κ3) is 2.13. The Hall–Kier alpha value is -1.77. The van der Waals surface area contributed by atoms with Crippen LogP contribution in [0.15, 0.2) is 6.07 Å². The topological polar surface area (TPSA) is 85.0 Å². The molecule has 2 atom stereocenters. The molecule has 100 valence electrons. The lowest BCUT2D eigenvalue weighted by molar-refractivity contribution is -0.173.